The molecule has 32 heavy (non-hydrogen) atoms. The lowest BCUT2D eigenvalue weighted by Gasteiger charge is -2.37. The van der Waals surface area contributed by atoms with E-state index in [0.29, 0.717) is 19.0 Å². The lowest BCUT2D eigenvalue weighted by atomic mass is 9.85. The standard InChI is InChI=1S/C24H28IN5O2/c1-24(2,3)32-23(31)30-11-6-16(7-12-30)21(17-5-4-8-26-15-17)29-18-13-19(25)22-20(14-18)27-9-10-28-22/h4-5,8-10,13-16,21,29H,6-7,11-12H2,1-3H3. The summed E-state index contributed by atoms with van der Waals surface area (Å²) in [6, 6.07) is 8.31. The second kappa shape index (κ2) is 9.56. The lowest BCUT2D eigenvalue weighted by molar-refractivity contribution is 0.0177. The SMILES string of the molecule is CC(C)(C)OC(=O)N1CCC(C(Nc2cc(I)c3nccnc3c2)c2cccnc2)CC1. The van der Waals surface area contributed by atoms with Crippen molar-refractivity contribution >= 4 is 45.4 Å². The number of rotatable bonds is 4. The van der Waals surface area contributed by atoms with Crippen molar-refractivity contribution in [2.75, 3.05) is 18.4 Å². The van der Waals surface area contributed by atoms with Crippen molar-refractivity contribution in [1.82, 2.24) is 19.9 Å². The van der Waals surface area contributed by atoms with Crippen LogP contribution in [0.25, 0.3) is 11.0 Å². The quantitative estimate of drug-likeness (QED) is 0.441. The zero-order valence-corrected chi connectivity index (χ0v) is 20.7. The number of anilines is 1. The predicted octanol–water partition coefficient (Wildman–Crippen LogP) is 5.43. The maximum absolute atomic E-state index is 12.5. The molecule has 1 saturated heterocycles. The van der Waals surface area contributed by atoms with Gasteiger partial charge in [0.25, 0.3) is 0 Å². The van der Waals surface area contributed by atoms with Gasteiger partial charge in [-0.1, -0.05) is 6.07 Å². The van der Waals surface area contributed by atoms with Gasteiger partial charge in [-0.3, -0.25) is 15.0 Å². The third-order valence-corrected chi connectivity index (χ3v) is 6.38. The number of pyridine rings is 1. The zero-order valence-electron chi connectivity index (χ0n) is 18.6. The topological polar surface area (TPSA) is 80.2 Å². The van der Waals surface area contributed by atoms with Crippen LogP contribution in [0, 0.1) is 9.49 Å². The molecule has 0 bridgehead atoms. The molecule has 0 spiro atoms. The number of carbonyl (C=O) groups is 1. The van der Waals surface area contributed by atoms with Gasteiger partial charge in [0.05, 0.1) is 11.6 Å². The van der Waals surface area contributed by atoms with E-state index in [4.69, 9.17) is 4.74 Å². The zero-order chi connectivity index (χ0) is 22.7. The summed E-state index contributed by atoms with van der Waals surface area (Å²) in [5, 5.41) is 3.73. The molecule has 7 nitrogen and oxygen atoms in total. The minimum absolute atomic E-state index is 0.0782. The van der Waals surface area contributed by atoms with Gasteiger partial charge in [0.1, 0.15) is 11.1 Å². The summed E-state index contributed by atoms with van der Waals surface area (Å²) in [7, 11) is 0. The Morgan fingerprint density at radius 1 is 1.19 bits per heavy atom. The Morgan fingerprint density at radius 3 is 2.62 bits per heavy atom. The van der Waals surface area contributed by atoms with E-state index in [2.05, 4.69) is 55.0 Å². The minimum Gasteiger partial charge on any atom is -0.444 e. The lowest BCUT2D eigenvalue weighted by Crippen LogP contribution is -2.43. The first-order valence-corrected chi connectivity index (χ1v) is 11.9. The van der Waals surface area contributed by atoms with Crippen molar-refractivity contribution in [3.8, 4) is 0 Å². The molecule has 1 fully saturated rings. The maximum Gasteiger partial charge on any atom is 0.410 e. The number of fused-ring (bicyclic) bond motifs is 1. The van der Waals surface area contributed by atoms with Gasteiger partial charge in [0.2, 0.25) is 0 Å². The molecule has 1 amide bonds. The van der Waals surface area contributed by atoms with E-state index in [-0.39, 0.29) is 12.1 Å². The molecule has 0 saturated carbocycles. The van der Waals surface area contributed by atoms with Crippen LogP contribution in [0.15, 0.2) is 49.1 Å². The van der Waals surface area contributed by atoms with Crippen molar-refractivity contribution in [3.05, 3.63) is 58.2 Å². The predicted molar refractivity (Wildman–Crippen MR) is 133 cm³/mol. The maximum atomic E-state index is 12.5. The molecule has 1 atom stereocenters. The van der Waals surface area contributed by atoms with Crippen LogP contribution in [0.5, 0.6) is 0 Å². The van der Waals surface area contributed by atoms with E-state index >= 15 is 0 Å². The van der Waals surface area contributed by atoms with Crippen LogP contribution in [-0.2, 0) is 4.74 Å². The Hall–Kier alpha value is -2.49. The van der Waals surface area contributed by atoms with Crippen LogP contribution in [-0.4, -0.2) is 44.6 Å². The van der Waals surface area contributed by atoms with Gasteiger partial charge in [-0.2, -0.15) is 0 Å². The average Bonchev–Trinajstić information content (AvgIpc) is 2.77. The highest BCUT2D eigenvalue weighted by Crippen LogP contribution is 2.35. The number of ether oxygens (including phenoxy) is 1. The van der Waals surface area contributed by atoms with E-state index in [0.717, 1.165) is 38.7 Å². The van der Waals surface area contributed by atoms with Crippen molar-refractivity contribution < 1.29 is 9.53 Å². The first kappa shape index (κ1) is 22.7. The van der Waals surface area contributed by atoms with Crippen molar-refractivity contribution in [3.63, 3.8) is 0 Å². The molecule has 0 radical (unpaired) electrons. The number of halogens is 1. The first-order chi connectivity index (χ1) is 15.3. The normalized spacial score (nSPS) is 16.1. The number of piperidine rings is 1. The van der Waals surface area contributed by atoms with E-state index in [1.54, 1.807) is 18.6 Å². The molecule has 1 aliphatic heterocycles. The van der Waals surface area contributed by atoms with Crippen LogP contribution >= 0.6 is 22.6 Å². The van der Waals surface area contributed by atoms with Crippen molar-refractivity contribution in [1.29, 1.82) is 0 Å². The number of likely N-dealkylation sites (tertiary alicyclic amines) is 1. The molecule has 168 valence electrons. The van der Waals surface area contributed by atoms with Crippen LogP contribution in [0.2, 0.25) is 0 Å². The summed E-state index contributed by atoms with van der Waals surface area (Å²) >= 11 is 2.31. The molecule has 1 aromatic carbocycles. The van der Waals surface area contributed by atoms with E-state index in [9.17, 15) is 4.79 Å². The highest BCUT2D eigenvalue weighted by molar-refractivity contribution is 14.1. The van der Waals surface area contributed by atoms with Crippen LogP contribution in [0.1, 0.15) is 45.2 Å². The number of hydrogen-bond donors (Lipinski definition) is 1. The molecule has 3 heterocycles. The highest BCUT2D eigenvalue weighted by atomic mass is 127. The molecule has 1 aliphatic rings. The molecule has 4 rings (SSSR count). The third-order valence-electron chi connectivity index (χ3n) is 5.56. The Labute approximate surface area is 202 Å². The largest absolute Gasteiger partial charge is 0.444 e. The smallest absolute Gasteiger partial charge is 0.410 e. The fraction of sp³-hybridized carbons (Fsp3) is 0.417. The molecular formula is C24H28IN5O2. The summed E-state index contributed by atoms with van der Waals surface area (Å²) in [6.45, 7) is 7.05. The number of aromatic nitrogens is 3. The van der Waals surface area contributed by atoms with E-state index in [1.807, 2.05) is 44.0 Å². The molecule has 0 aliphatic carbocycles. The second-order valence-electron chi connectivity index (χ2n) is 9.10. The van der Waals surface area contributed by atoms with Gasteiger partial charge >= 0.3 is 6.09 Å². The van der Waals surface area contributed by atoms with Crippen LogP contribution in [0.4, 0.5) is 10.5 Å². The number of hydrogen-bond acceptors (Lipinski definition) is 6. The summed E-state index contributed by atoms with van der Waals surface area (Å²) in [6.07, 6.45) is 8.68. The van der Waals surface area contributed by atoms with E-state index < -0.39 is 5.60 Å². The van der Waals surface area contributed by atoms with Crippen molar-refractivity contribution in [2.24, 2.45) is 5.92 Å². The number of nitrogens with one attached hydrogen (secondary N) is 1. The summed E-state index contributed by atoms with van der Waals surface area (Å²) in [5.41, 5.74) is 3.43. The average molecular weight is 545 g/mol. The Balaban J connectivity index is 1.53. The van der Waals surface area contributed by atoms with Gasteiger partial charge in [-0.15, -0.1) is 0 Å². The van der Waals surface area contributed by atoms with Gasteiger partial charge < -0.3 is 15.0 Å². The molecule has 2 aromatic heterocycles. The number of amides is 1. The summed E-state index contributed by atoms with van der Waals surface area (Å²) in [5.74, 6) is 0.355. The first-order valence-electron chi connectivity index (χ1n) is 10.8. The molecule has 1 N–H and O–H groups in total. The third kappa shape index (κ3) is 5.46. The Bertz CT molecular complexity index is 1080. The fourth-order valence-corrected chi connectivity index (χ4v) is 4.82. The van der Waals surface area contributed by atoms with Gasteiger partial charge in [0, 0.05) is 47.1 Å². The van der Waals surface area contributed by atoms with Gasteiger partial charge in [0.15, 0.2) is 0 Å². The Morgan fingerprint density at radius 2 is 1.94 bits per heavy atom. The molecule has 3 aromatic rings. The summed E-state index contributed by atoms with van der Waals surface area (Å²) < 4.78 is 6.61. The number of nitrogens with zero attached hydrogens (tertiary/aromatic N) is 4. The molecular weight excluding hydrogens is 517 g/mol. The fourth-order valence-electron chi connectivity index (χ4n) is 4.07. The van der Waals surface area contributed by atoms with Crippen LogP contribution in [0.3, 0.4) is 0 Å². The highest BCUT2D eigenvalue weighted by Gasteiger charge is 2.31. The number of benzene rings is 1. The summed E-state index contributed by atoms with van der Waals surface area (Å²) in [4.78, 5) is 27.6. The molecule has 1 unspecified atom stereocenters. The molecule has 8 heteroatoms. The van der Waals surface area contributed by atoms with Gasteiger partial charge in [-0.05, 0) is 85.9 Å². The van der Waals surface area contributed by atoms with Gasteiger partial charge in [-0.25, -0.2) is 4.79 Å². The monoisotopic (exact) mass is 545 g/mol. The Kier molecular flexibility index (Phi) is 6.78. The van der Waals surface area contributed by atoms with Crippen molar-refractivity contribution in [2.45, 2.75) is 45.3 Å². The number of carbonyl (C=O) groups excluding carboxylic acids is 1. The minimum atomic E-state index is -0.482. The van der Waals surface area contributed by atoms with E-state index in [1.165, 1.54) is 0 Å². The van der Waals surface area contributed by atoms with Crippen LogP contribution < -0.4 is 5.32 Å². The second-order valence-corrected chi connectivity index (χ2v) is 10.3.